The Bertz CT molecular complexity index is 948. The summed E-state index contributed by atoms with van der Waals surface area (Å²) in [5.74, 6) is -15.0. The van der Waals surface area contributed by atoms with Gasteiger partial charge in [0, 0.05) is 29.6 Å². The van der Waals surface area contributed by atoms with E-state index >= 15 is 0 Å². The fourth-order valence-electron chi connectivity index (χ4n) is 1.55. The van der Waals surface area contributed by atoms with Crippen LogP contribution in [0.1, 0.15) is 5.56 Å². The molecule has 0 saturated heterocycles. The molecule has 0 bridgehead atoms. The van der Waals surface area contributed by atoms with Crippen molar-refractivity contribution in [2.75, 3.05) is 0 Å². The summed E-state index contributed by atoms with van der Waals surface area (Å²) in [6.07, 6.45) is -7.26. The Morgan fingerprint density at radius 1 is 0.828 bits per heavy atom. The Kier molecular flexibility index (Phi) is 8.33. The number of hydrogen-bond donors (Lipinski definition) is 1. The number of alkyl halides is 9. The largest absolute Gasteiger partial charge is 0.460 e. The summed E-state index contributed by atoms with van der Waals surface area (Å²) in [6, 6.07) is 4.23. The second-order valence-electron chi connectivity index (χ2n) is 5.05. The van der Waals surface area contributed by atoms with E-state index in [4.69, 9.17) is 0 Å². The second-order valence-corrected chi connectivity index (χ2v) is 8.25. The van der Waals surface area contributed by atoms with Gasteiger partial charge in [0.05, 0.1) is 4.90 Å². The van der Waals surface area contributed by atoms with Gasteiger partial charge in [0.2, 0.25) is 0 Å². The third-order valence-corrected chi connectivity index (χ3v) is 5.71. The van der Waals surface area contributed by atoms with Crippen LogP contribution in [0.4, 0.5) is 39.5 Å². The first-order chi connectivity index (χ1) is 12.2. The van der Waals surface area contributed by atoms with Crippen molar-refractivity contribution in [3.63, 3.8) is 0 Å². The maximum absolute atomic E-state index is 13.4. The van der Waals surface area contributed by atoms with Crippen LogP contribution in [0, 0.1) is 6.92 Å². The Morgan fingerprint density at radius 3 is 1.69 bits per heavy atom. The van der Waals surface area contributed by atoms with Crippen molar-refractivity contribution in [2.45, 2.75) is 35.1 Å². The van der Waals surface area contributed by atoms with Crippen LogP contribution in [0.2, 0.25) is 0 Å². The average Bonchev–Trinajstić information content (AvgIpc) is 2.51. The molecule has 0 heterocycles. The predicted octanol–water partition coefficient (Wildman–Crippen LogP) is 2.58. The Morgan fingerprint density at radius 2 is 1.28 bits per heavy atom. The summed E-state index contributed by atoms with van der Waals surface area (Å²) in [5, 5.41) is -7.14. The van der Waals surface area contributed by atoms with Gasteiger partial charge in [-0.2, -0.15) is 52.2 Å². The molecule has 18 heteroatoms. The van der Waals surface area contributed by atoms with E-state index in [2.05, 4.69) is 4.28 Å². The zero-order valence-corrected chi connectivity index (χ0v) is 17.7. The monoisotopic (exact) mass is 492 g/mol. The van der Waals surface area contributed by atoms with Crippen molar-refractivity contribution in [3.05, 3.63) is 29.8 Å². The molecule has 0 atom stereocenters. The van der Waals surface area contributed by atoms with Crippen molar-refractivity contribution in [2.24, 2.45) is 0 Å². The van der Waals surface area contributed by atoms with E-state index in [1.54, 1.807) is 0 Å². The summed E-state index contributed by atoms with van der Waals surface area (Å²) < 4.78 is 164. The summed E-state index contributed by atoms with van der Waals surface area (Å²) in [5.41, 5.74) is -0.137. The maximum Gasteiger partial charge on any atom is 0.460 e. The van der Waals surface area contributed by atoms with Crippen molar-refractivity contribution in [3.8, 4) is 0 Å². The third kappa shape index (κ3) is 5.01. The van der Waals surface area contributed by atoms with E-state index in [-0.39, 0.29) is 40.0 Å². The minimum Gasteiger partial charge on any atom is -0.204 e. The summed E-state index contributed by atoms with van der Waals surface area (Å²) in [6.45, 7) is 1.12. The molecule has 0 amide bonds. The molecule has 0 aromatic heterocycles. The van der Waals surface area contributed by atoms with Crippen molar-refractivity contribution < 1.29 is 60.6 Å². The predicted molar refractivity (Wildman–Crippen MR) is 78.2 cm³/mol. The van der Waals surface area contributed by atoms with Crippen LogP contribution in [0.5, 0.6) is 0 Å². The smallest absolute Gasteiger partial charge is 0.204 e. The zero-order chi connectivity index (χ0) is 22.4. The van der Waals surface area contributed by atoms with E-state index < -0.39 is 48.3 Å². The number of nitrogens with one attached hydrogen (secondary N) is 1. The molecule has 1 aromatic carbocycles. The van der Waals surface area contributed by atoms with Gasteiger partial charge < -0.3 is 0 Å². The third-order valence-electron chi connectivity index (χ3n) is 3.07. The number of sulfonamides is 1. The molecule has 0 unspecified atom stereocenters. The Balaban J connectivity index is 0.00000784. The molecule has 1 aromatic rings. The van der Waals surface area contributed by atoms with Gasteiger partial charge in [-0.25, -0.2) is 8.42 Å². The number of aryl methyl sites for hydroxylation is 1. The fourth-order valence-corrected chi connectivity index (χ4v) is 3.64. The standard InChI is InChI=1S/C11H8F9NO5S2.Na/c1-6-4-2-3-5-7(6)27(22,23)26-21-28(24,25)11(19,20)9(14,15)8(12,13)10(16,17)18;/h2-5,21H,1H3;. The molecule has 0 aliphatic rings. The maximum atomic E-state index is 13.4. The van der Waals surface area contributed by atoms with Crippen LogP contribution in [0.25, 0.3) is 0 Å². The number of rotatable bonds is 7. The van der Waals surface area contributed by atoms with Crippen molar-refractivity contribution >= 4 is 49.7 Å². The zero-order valence-electron chi connectivity index (χ0n) is 14.1. The molecule has 0 aliphatic heterocycles. The second kappa shape index (κ2) is 8.51. The van der Waals surface area contributed by atoms with E-state index in [1.807, 2.05) is 0 Å². The first-order valence-corrected chi connectivity index (χ1v) is 9.32. The van der Waals surface area contributed by atoms with Crippen LogP contribution >= 0.6 is 0 Å². The number of hydrogen-bond acceptors (Lipinski definition) is 5. The summed E-state index contributed by atoms with van der Waals surface area (Å²) in [4.78, 5) is -0.891. The molecule has 6 nitrogen and oxygen atoms in total. The minimum atomic E-state index is -7.53. The molecule has 1 rings (SSSR count). The molecule has 163 valence electrons. The van der Waals surface area contributed by atoms with Crippen LogP contribution in [0.15, 0.2) is 29.2 Å². The molecule has 0 spiro atoms. The van der Waals surface area contributed by atoms with Gasteiger partial charge >= 0.3 is 43.4 Å². The quantitative estimate of drug-likeness (QED) is 0.359. The van der Waals surface area contributed by atoms with Crippen molar-refractivity contribution in [1.29, 1.82) is 0 Å². The van der Waals surface area contributed by atoms with Gasteiger partial charge in [0.25, 0.3) is 0 Å². The van der Waals surface area contributed by atoms with E-state index in [0.717, 1.165) is 25.1 Å². The molecule has 1 N–H and O–H groups in total. The first kappa shape index (κ1) is 28.4. The SMILES string of the molecule is Cc1ccccc1S(=O)(=O)ONS(=O)(=O)C(F)(F)C(F)(F)C(F)(F)C(F)(F)F.[Na]. The van der Waals surface area contributed by atoms with Crippen LogP contribution in [-0.4, -0.2) is 69.7 Å². The minimum absolute atomic E-state index is 0. The molecule has 1 radical (unpaired) electrons. The average molecular weight is 492 g/mol. The van der Waals surface area contributed by atoms with Gasteiger partial charge in [-0.1, -0.05) is 23.1 Å². The van der Waals surface area contributed by atoms with Crippen LogP contribution < -0.4 is 4.89 Å². The molecule has 0 aliphatic carbocycles. The normalized spacial score (nSPS) is 14.4. The molecule has 0 saturated carbocycles. The van der Waals surface area contributed by atoms with Crippen LogP contribution in [-0.2, 0) is 24.4 Å². The number of benzene rings is 1. The van der Waals surface area contributed by atoms with Gasteiger partial charge in [0.15, 0.2) is 0 Å². The van der Waals surface area contributed by atoms with E-state index in [9.17, 15) is 56.3 Å². The Hall–Kier alpha value is -0.590. The molecule has 0 fully saturated rings. The molecule has 29 heavy (non-hydrogen) atoms. The number of halogens is 9. The van der Waals surface area contributed by atoms with Gasteiger partial charge in [-0.05, 0) is 18.6 Å². The van der Waals surface area contributed by atoms with Crippen molar-refractivity contribution in [1.82, 2.24) is 4.89 Å². The fraction of sp³-hybridized carbons (Fsp3) is 0.455. The molecular formula is C11H8F9NNaO5S2. The van der Waals surface area contributed by atoms with Gasteiger partial charge in [-0.15, -0.1) is 0 Å². The van der Waals surface area contributed by atoms with E-state index in [1.165, 1.54) is 6.07 Å². The topological polar surface area (TPSA) is 89.5 Å². The summed E-state index contributed by atoms with van der Waals surface area (Å²) >= 11 is 0. The van der Waals surface area contributed by atoms with Gasteiger partial charge in [-0.3, -0.25) is 0 Å². The van der Waals surface area contributed by atoms with Gasteiger partial charge in [0.1, 0.15) is 0 Å². The Labute approximate surface area is 179 Å². The first-order valence-electron chi connectivity index (χ1n) is 6.43. The van der Waals surface area contributed by atoms with Crippen LogP contribution in [0.3, 0.4) is 0 Å². The summed E-state index contributed by atoms with van der Waals surface area (Å²) in [7, 11) is -12.5. The van der Waals surface area contributed by atoms with E-state index in [0.29, 0.717) is 0 Å². The molecular weight excluding hydrogens is 484 g/mol.